The number of hydrogen-bond acceptors (Lipinski definition) is 10. The van der Waals surface area contributed by atoms with Crippen molar-refractivity contribution < 1.29 is 37.8 Å². The fourth-order valence-electron chi connectivity index (χ4n) is 10.6. The SMILES string of the molecule is COC(=O)N[C@H](C(=O)N1CCC[C@H]1C1=NC=C(c2cc(F)c3c(c2)OC(c2csc(C4CC4)c2)n2c-3cc3cc(C4=CN=C([C@@H]5CCCN5C(=O)[C@@H](NC(=O)OC)C(C)C)C4)ccc32)C1)C(C)C. The second-order valence-electron chi connectivity index (χ2n) is 19.5. The molecule has 14 nitrogen and oxygen atoms in total. The highest BCUT2D eigenvalue weighted by Gasteiger charge is 2.41. The summed E-state index contributed by atoms with van der Waals surface area (Å²) >= 11 is 1.75. The van der Waals surface area contributed by atoms with E-state index in [1.165, 1.54) is 31.9 Å². The number of likely N-dealkylation sites (tertiary alicyclic amines) is 2. The van der Waals surface area contributed by atoms with Gasteiger partial charge in [-0.3, -0.25) is 19.6 Å². The van der Waals surface area contributed by atoms with Gasteiger partial charge in [-0.05, 0) is 120 Å². The molecule has 16 heteroatoms. The number of ether oxygens (including phenoxy) is 3. The number of nitrogens with zero attached hydrogens (tertiary/aromatic N) is 5. The predicted molar refractivity (Wildman–Crippen MR) is 260 cm³/mol. The first-order valence-electron chi connectivity index (χ1n) is 23.9. The Kier molecular flexibility index (Phi) is 12.3. The van der Waals surface area contributed by atoms with Crippen LogP contribution in [0.5, 0.6) is 5.75 Å². The largest absolute Gasteiger partial charge is 0.465 e. The average Bonchev–Trinajstić information content (AvgIpc) is 4.05. The molecule has 1 aliphatic carbocycles. The van der Waals surface area contributed by atoms with Crippen LogP contribution in [0, 0.1) is 17.7 Å². The number of carbonyl (C=O) groups excluding carboxylic acids is 4. The van der Waals surface area contributed by atoms with E-state index in [1.807, 2.05) is 49.8 Å². The number of fused-ring (bicyclic) bond motifs is 5. The van der Waals surface area contributed by atoms with Gasteiger partial charge >= 0.3 is 12.2 Å². The molecule has 1 unspecified atom stereocenters. The van der Waals surface area contributed by atoms with Crippen LogP contribution < -0.4 is 15.4 Å². The van der Waals surface area contributed by atoms with Crippen LogP contribution in [0.2, 0.25) is 0 Å². The third kappa shape index (κ3) is 8.38. The second-order valence-corrected chi connectivity index (χ2v) is 20.5. The van der Waals surface area contributed by atoms with Gasteiger partial charge in [0.05, 0.1) is 43.1 Å². The number of thiophene rings is 1. The molecule has 68 heavy (non-hydrogen) atoms. The standard InChI is InChI=1S/C52H58FN7O7S/c1-27(2)46(56-51(63)65-5)48(61)58-15-7-9-40(58)37-19-33(24-54-37)30-13-14-39-32(17-30)21-42-45-36(53)18-31(22-43(45)67-50(60(39)42)35-23-44(68-26-35)29-11-12-29)34-20-38(55-25-34)41-10-8-16-59(41)49(62)47(28(3)4)57-52(64)66-6/h13-14,17-18,21-29,40-41,46-47,50H,7-12,15-16,19-20H2,1-6H3,(H,56,63)(H,57,64)/t40-,41-,46-,47-,50?/m0/s1. The van der Waals surface area contributed by atoms with E-state index in [2.05, 4.69) is 50.9 Å². The summed E-state index contributed by atoms with van der Waals surface area (Å²) in [4.78, 5) is 66.7. The van der Waals surface area contributed by atoms with E-state index < -0.39 is 36.3 Å². The molecule has 2 aromatic carbocycles. The molecule has 356 valence electrons. The Bertz CT molecular complexity index is 2840. The van der Waals surface area contributed by atoms with E-state index in [0.717, 1.165) is 76.0 Å². The van der Waals surface area contributed by atoms with Crippen LogP contribution in [-0.4, -0.2) is 101 Å². The molecule has 0 spiro atoms. The monoisotopic (exact) mass is 943 g/mol. The topological polar surface area (TPSA) is 156 Å². The number of alkyl carbamates (subject to hydrolysis) is 2. The number of hydrogen-bond donors (Lipinski definition) is 2. The first-order valence-corrected chi connectivity index (χ1v) is 24.8. The quantitative estimate of drug-likeness (QED) is 0.143. The Hall–Kier alpha value is -6.29. The Morgan fingerprint density at radius 2 is 1.35 bits per heavy atom. The van der Waals surface area contributed by atoms with Crippen LogP contribution in [0.15, 0.2) is 70.2 Å². The molecule has 5 atom stereocenters. The minimum absolute atomic E-state index is 0.126. The maximum absolute atomic E-state index is 17.0. The molecule has 4 amide bonds. The van der Waals surface area contributed by atoms with Crippen molar-refractivity contribution in [3.05, 3.63) is 87.6 Å². The van der Waals surface area contributed by atoms with Gasteiger partial charge in [-0.25, -0.2) is 14.0 Å². The molecule has 4 aromatic rings. The van der Waals surface area contributed by atoms with Crippen LogP contribution in [-0.2, 0) is 19.1 Å². The van der Waals surface area contributed by atoms with Crippen LogP contribution in [0.1, 0.15) is 113 Å². The number of halogens is 1. The van der Waals surface area contributed by atoms with Gasteiger partial charge in [-0.15, -0.1) is 11.3 Å². The highest BCUT2D eigenvalue weighted by atomic mass is 32.1. The lowest BCUT2D eigenvalue weighted by Gasteiger charge is -2.31. The molecular weight excluding hydrogens is 886 g/mol. The number of rotatable bonds is 12. The maximum Gasteiger partial charge on any atom is 0.407 e. The lowest BCUT2D eigenvalue weighted by Crippen LogP contribution is -2.53. The Labute approximate surface area is 399 Å². The third-order valence-electron chi connectivity index (χ3n) is 14.4. The molecule has 6 aliphatic rings. The summed E-state index contributed by atoms with van der Waals surface area (Å²) in [5.74, 6) is 0.0421. The molecule has 3 fully saturated rings. The second kappa shape index (κ2) is 18.3. The van der Waals surface area contributed by atoms with E-state index in [9.17, 15) is 19.2 Å². The van der Waals surface area contributed by atoms with E-state index in [1.54, 1.807) is 23.6 Å². The first kappa shape index (κ1) is 45.5. The lowest BCUT2D eigenvalue weighted by molar-refractivity contribution is -0.134. The molecule has 7 heterocycles. The molecule has 0 radical (unpaired) electrons. The van der Waals surface area contributed by atoms with Crippen molar-refractivity contribution in [2.45, 2.75) is 115 Å². The van der Waals surface area contributed by atoms with E-state index >= 15 is 4.39 Å². The third-order valence-corrected chi connectivity index (χ3v) is 15.5. The van der Waals surface area contributed by atoms with Crippen molar-refractivity contribution in [1.82, 2.24) is 25.0 Å². The molecule has 10 rings (SSSR count). The summed E-state index contributed by atoms with van der Waals surface area (Å²) in [5.41, 5.74) is 8.34. The summed E-state index contributed by atoms with van der Waals surface area (Å²) in [6.07, 6.45) is 8.44. The molecule has 2 saturated heterocycles. The van der Waals surface area contributed by atoms with Gasteiger partial charge in [0.1, 0.15) is 23.7 Å². The number of benzene rings is 2. The van der Waals surface area contributed by atoms with Crippen LogP contribution in [0.3, 0.4) is 0 Å². The van der Waals surface area contributed by atoms with Crippen molar-refractivity contribution in [1.29, 1.82) is 0 Å². The van der Waals surface area contributed by atoms with Crippen LogP contribution in [0.25, 0.3) is 33.3 Å². The summed E-state index contributed by atoms with van der Waals surface area (Å²) in [5, 5.41) is 8.55. The molecule has 2 N–H and O–H groups in total. The highest BCUT2D eigenvalue weighted by Crippen LogP contribution is 2.50. The minimum atomic E-state index is -0.737. The van der Waals surface area contributed by atoms with Crippen molar-refractivity contribution in [2.75, 3.05) is 27.3 Å². The fraction of sp³-hybridized carbons (Fsp3) is 0.462. The molecule has 1 saturated carbocycles. The van der Waals surface area contributed by atoms with Crippen molar-refractivity contribution in [3.8, 4) is 17.0 Å². The Morgan fingerprint density at radius 3 is 1.91 bits per heavy atom. The number of methoxy groups -OCH3 is 2. The smallest absolute Gasteiger partial charge is 0.407 e. The first-order chi connectivity index (χ1) is 32.8. The molecule has 0 bridgehead atoms. The normalized spacial score (nSPS) is 21.8. The van der Waals surface area contributed by atoms with Gasteiger partial charge in [0, 0.05) is 65.6 Å². The number of aromatic nitrogens is 1. The van der Waals surface area contributed by atoms with Crippen molar-refractivity contribution in [2.24, 2.45) is 21.8 Å². The van der Waals surface area contributed by atoms with Crippen molar-refractivity contribution >= 4 is 68.8 Å². The molecular formula is C52H58FN7O7S. The van der Waals surface area contributed by atoms with Gasteiger partial charge in [-0.2, -0.15) is 0 Å². The van der Waals surface area contributed by atoms with Crippen molar-refractivity contribution in [3.63, 3.8) is 0 Å². The molecule has 5 aliphatic heterocycles. The Morgan fingerprint density at radius 1 is 0.765 bits per heavy atom. The average molecular weight is 944 g/mol. The fourth-order valence-corrected chi connectivity index (χ4v) is 11.7. The predicted octanol–water partition coefficient (Wildman–Crippen LogP) is 9.44. The maximum atomic E-state index is 17.0. The highest BCUT2D eigenvalue weighted by molar-refractivity contribution is 7.10. The minimum Gasteiger partial charge on any atom is -0.465 e. The lowest BCUT2D eigenvalue weighted by atomic mass is 9.95. The number of amides is 4. The summed E-state index contributed by atoms with van der Waals surface area (Å²) < 4.78 is 35.6. The summed E-state index contributed by atoms with van der Waals surface area (Å²) in [6, 6.07) is 12.2. The summed E-state index contributed by atoms with van der Waals surface area (Å²) in [6.45, 7) is 8.74. The van der Waals surface area contributed by atoms with Gasteiger partial charge in [0.25, 0.3) is 0 Å². The van der Waals surface area contributed by atoms with E-state index in [4.69, 9.17) is 24.2 Å². The summed E-state index contributed by atoms with van der Waals surface area (Å²) in [7, 11) is 2.57. The zero-order valence-corrected chi connectivity index (χ0v) is 40.2. The van der Waals surface area contributed by atoms with E-state index in [0.29, 0.717) is 48.7 Å². The van der Waals surface area contributed by atoms with Gasteiger partial charge < -0.3 is 39.2 Å². The number of carbonyl (C=O) groups is 4. The molecule has 2 aromatic heterocycles. The number of allylic oxidation sites excluding steroid dienone is 2. The number of aliphatic imine (C=N–C) groups is 2. The zero-order chi connectivity index (χ0) is 47.5. The van der Waals surface area contributed by atoms with Gasteiger partial charge in [0.2, 0.25) is 18.0 Å². The van der Waals surface area contributed by atoms with E-state index in [-0.39, 0.29) is 35.7 Å². The van der Waals surface area contributed by atoms with Crippen LogP contribution in [0.4, 0.5) is 14.0 Å². The Balaban J connectivity index is 0.913. The van der Waals surface area contributed by atoms with Gasteiger partial charge in [0.15, 0.2) is 0 Å². The van der Waals surface area contributed by atoms with Gasteiger partial charge in [-0.1, -0.05) is 33.8 Å². The van der Waals surface area contributed by atoms with Crippen LogP contribution >= 0.6 is 11.3 Å². The zero-order valence-electron chi connectivity index (χ0n) is 39.3. The number of nitrogens with one attached hydrogen (secondary N) is 2.